The molecule has 1 saturated heterocycles. The van der Waals surface area contributed by atoms with Gasteiger partial charge in [0.05, 0.1) is 4.92 Å². The lowest BCUT2D eigenvalue weighted by atomic mass is 10.1. The molecule has 1 heterocycles. The summed E-state index contributed by atoms with van der Waals surface area (Å²) in [6.45, 7) is 9.11. The van der Waals surface area contributed by atoms with Crippen molar-refractivity contribution in [2.24, 2.45) is 0 Å². The fourth-order valence-electron chi connectivity index (χ4n) is 2.50. The van der Waals surface area contributed by atoms with Gasteiger partial charge in [0, 0.05) is 50.4 Å². The zero-order chi connectivity index (χ0) is 19.0. The van der Waals surface area contributed by atoms with Crippen molar-refractivity contribution in [2.75, 3.05) is 26.2 Å². The van der Waals surface area contributed by atoms with Crippen molar-refractivity contribution in [3.63, 3.8) is 0 Å². The van der Waals surface area contributed by atoms with Gasteiger partial charge in [0.1, 0.15) is 0 Å². The Morgan fingerprint density at radius 2 is 1.64 bits per heavy atom. The van der Waals surface area contributed by atoms with Crippen LogP contribution in [0.5, 0.6) is 0 Å². The van der Waals surface area contributed by atoms with Crippen molar-refractivity contribution in [3.8, 4) is 0 Å². The molecule has 1 aliphatic rings. The lowest BCUT2D eigenvalue weighted by Crippen LogP contribution is -2.48. The standard InChI is InChI=1S/C14H21N3O2.C2H2O4/c1-12(2)16-9-7-15(8-10-16)11-13-5-3-4-6-14(13)17(18)19;3-1(4)2(5)6/h3-6,12H,7-11H2,1-2H3;(H,3,4)(H,5,6). The minimum Gasteiger partial charge on any atom is -0.473 e. The maximum atomic E-state index is 11.0. The molecule has 0 spiro atoms. The normalized spacial score (nSPS) is 15.3. The molecule has 1 aromatic carbocycles. The molecule has 138 valence electrons. The van der Waals surface area contributed by atoms with Gasteiger partial charge in [-0.25, -0.2) is 9.59 Å². The Hall–Kier alpha value is -2.52. The van der Waals surface area contributed by atoms with Crippen LogP contribution in [-0.4, -0.2) is 69.1 Å². The van der Waals surface area contributed by atoms with Crippen LogP contribution in [0.25, 0.3) is 0 Å². The molecule has 25 heavy (non-hydrogen) atoms. The number of para-hydroxylation sites is 1. The van der Waals surface area contributed by atoms with Crippen LogP contribution < -0.4 is 0 Å². The molecule has 0 amide bonds. The highest BCUT2D eigenvalue weighted by Gasteiger charge is 2.21. The molecule has 0 aromatic heterocycles. The first-order valence-electron chi connectivity index (χ1n) is 7.87. The summed E-state index contributed by atoms with van der Waals surface area (Å²) >= 11 is 0. The summed E-state index contributed by atoms with van der Waals surface area (Å²) in [4.78, 5) is 33.6. The summed E-state index contributed by atoms with van der Waals surface area (Å²) in [6.07, 6.45) is 0. The summed E-state index contributed by atoms with van der Waals surface area (Å²) < 4.78 is 0. The van der Waals surface area contributed by atoms with Gasteiger partial charge in [-0.15, -0.1) is 0 Å². The van der Waals surface area contributed by atoms with E-state index in [0.717, 1.165) is 31.7 Å². The van der Waals surface area contributed by atoms with E-state index < -0.39 is 11.9 Å². The average molecular weight is 353 g/mol. The van der Waals surface area contributed by atoms with Gasteiger partial charge in [-0.1, -0.05) is 18.2 Å². The Balaban J connectivity index is 0.000000450. The molecule has 2 rings (SSSR count). The first-order chi connectivity index (χ1) is 11.7. The summed E-state index contributed by atoms with van der Waals surface area (Å²) in [5.74, 6) is -3.65. The van der Waals surface area contributed by atoms with E-state index in [1.807, 2.05) is 12.1 Å². The van der Waals surface area contributed by atoms with Crippen molar-refractivity contribution in [1.82, 2.24) is 9.80 Å². The molecule has 9 heteroatoms. The molecular weight excluding hydrogens is 330 g/mol. The van der Waals surface area contributed by atoms with Crippen LogP contribution >= 0.6 is 0 Å². The van der Waals surface area contributed by atoms with E-state index in [2.05, 4.69) is 23.6 Å². The van der Waals surface area contributed by atoms with Crippen LogP contribution in [0.4, 0.5) is 5.69 Å². The SMILES string of the molecule is CC(C)N1CCN(Cc2ccccc2[N+](=O)[O-])CC1.O=C(O)C(=O)O. The van der Waals surface area contributed by atoms with E-state index in [4.69, 9.17) is 19.8 Å². The topological polar surface area (TPSA) is 124 Å². The Morgan fingerprint density at radius 3 is 2.08 bits per heavy atom. The molecular formula is C16H23N3O6. The zero-order valence-electron chi connectivity index (χ0n) is 14.3. The van der Waals surface area contributed by atoms with Crippen LogP contribution in [0.15, 0.2) is 24.3 Å². The van der Waals surface area contributed by atoms with E-state index in [1.54, 1.807) is 12.1 Å². The predicted molar refractivity (Wildman–Crippen MR) is 90.4 cm³/mol. The molecule has 0 saturated carbocycles. The number of piperazine rings is 1. The second kappa shape index (κ2) is 9.70. The van der Waals surface area contributed by atoms with E-state index in [-0.39, 0.29) is 10.6 Å². The lowest BCUT2D eigenvalue weighted by Gasteiger charge is -2.36. The first kappa shape index (κ1) is 20.5. The number of carboxylic acids is 2. The fourth-order valence-corrected chi connectivity index (χ4v) is 2.50. The summed E-state index contributed by atoms with van der Waals surface area (Å²) in [7, 11) is 0. The number of rotatable bonds is 4. The van der Waals surface area contributed by atoms with Gasteiger partial charge >= 0.3 is 11.9 Å². The van der Waals surface area contributed by atoms with Crippen LogP contribution in [0.2, 0.25) is 0 Å². The van der Waals surface area contributed by atoms with Gasteiger partial charge in [0.25, 0.3) is 5.69 Å². The van der Waals surface area contributed by atoms with Crippen LogP contribution in [-0.2, 0) is 16.1 Å². The lowest BCUT2D eigenvalue weighted by molar-refractivity contribution is -0.385. The molecule has 1 aliphatic heterocycles. The predicted octanol–water partition coefficient (Wildman–Crippen LogP) is 1.28. The average Bonchev–Trinajstić information content (AvgIpc) is 2.56. The van der Waals surface area contributed by atoms with Crippen molar-refractivity contribution in [1.29, 1.82) is 0 Å². The van der Waals surface area contributed by atoms with Crippen molar-refractivity contribution in [2.45, 2.75) is 26.4 Å². The number of nitro groups is 1. The highest BCUT2D eigenvalue weighted by molar-refractivity contribution is 6.27. The van der Waals surface area contributed by atoms with Crippen LogP contribution in [0.1, 0.15) is 19.4 Å². The maximum absolute atomic E-state index is 11.0. The number of nitro benzene ring substituents is 1. The Kier molecular flexibility index (Phi) is 7.96. The Morgan fingerprint density at radius 1 is 1.12 bits per heavy atom. The highest BCUT2D eigenvalue weighted by Crippen LogP contribution is 2.20. The van der Waals surface area contributed by atoms with Gasteiger partial charge in [0.2, 0.25) is 0 Å². The number of nitrogens with zero attached hydrogens (tertiary/aromatic N) is 3. The van der Waals surface area contributed by atoms with Crippen LogP contribution in [0.3, 0.4) is 0 Å². The minimum absolute atomic E-state index is 0.230. The van der Waals surface area contributed by atoms with E-state index in [9.17, 15) is 10.1 Å². The third-order valence-electron chi connectivity index (χ3n) is 3.90. The first-order valence-corrected chi connectivity index (χ1v) is 7.87. The summed E-state index contributed by atoms with van der Waals surface area (Å²) in [6, 6.07) is 7.60. The van der Waals surface area contributed by atoms with Gasteiger partial charge < -0.3 is 10.2 Å². The monoisotopic (exact) mass is 353 g/mol. The quantitative estimate of drug-likeness (QED) is 0.471. The number of hydrogen-bond acceptors (Lipinski definition) is 6. The third-order valence-corrected chi connectivity index (χ3v) is 3.90. The number of carboxylic acid groups (broad SMARTS) is 2. The maximum Gasteiger partial charge on any atom is 0.414 e. The molecule has 0 aliphatic carbocycles. The van der Waals surface area contributed by atoms with Gasteiger partial charge in [-0.05, 0) is 13.8 Å². The van der Waals surface area contributed by atoms with E-state index in [1.165, 1.54) is 0 Å². The molecule has 1 fully saturated rings. The molecule has 1 aromatic rings. The zero-order valence-corrected chi connectivity index (χ0v) is 14.3. The largest absolute Gasteiger partial charge is 0.473 e. The second-order valence-corrected chi connectivity index (χ2v) is 5.90. The van der Waals surface area contributed by atoms with Gasteiger partial charge in [0.15, 0.2) is 0 Å². The molecule has 0 unspecified atom stereocenters. The number of hydrogen-bond donors (Lipinski definition) is 2. The van der Waals surface area contributed by atoms with Gasteiger partial charge in [-0.3, -0.25) is 19.9 Å². The molecule has 0 atom stereocenters. The number of carbonyl (C=O) groups is 2. The highest BCUT2D eigenvalue weighted by atomic mass is 16.6. The van der Waals surface area contributed by atoms with Crippen LogP contribution in [0, 0.1) is 10.1 Å². The third kappa shape index (κ3) is 6.86. The Labute approximate surface area is 145 Å². The second-order valence-electron chi connectivity index (χ2n) is 5.90. The van der Waals surface area contributed by atoms with Gasteiger partial charge in [-0.2, -0.15) is 0 Å². The summed E-state index contributed by atoms with van der Waals surface area (Å²) in [5.41, 5.74) is 1.04. The molecule has 9 nitrogen and oxygen atoms in total. The van der Waals surface area contributed by atoms with Crippen molar-refractivity contribution >= 4 is 17.6 Å². The van der Waals surface area contributed by atoms with E-state index in [0.29, 0.717) is 12.6 Å². The smallest absolute Gasteiger partial charge is 0.414 e. The molecule has 0 bridgehead atoms. The Bertz CT molecular complexity index is 600. The number of benzene rings is 1. The summed E-state index contributed by atoms with van der Waals surface area (Å²) in [5, 5.41) is 25.8. The number of aliphatic carboxylic acids is 2. The molecule has 2 N–H and O–H groups in total. The minimum atomic E-state index is -1.82. The van der Waals surface area contributed by atoms with Crippen molar-refractivity contribution < 1.29 is 24.7 Å². The molecule has 0 radical (unpaired) electrons. The fraction of sp³-hybridized carbons (Fsp3) is 0.500. The van der Waals surface area contributed by atoms with Crippen molar-refractivity contribution in [3.05, 3.63) is 39.9 Å². The van der Waals surface area contributed by atoms with E-state index >= 15 is 0 Å².